The van der Waals surface area contributed by atoms with Gasteiger partial charge in [0.1, 0.15) is 6.04 Å². The number of nitrogens with zero attached hydrogens (tertiary/aromatic N) is 1. The molecule has 0 radical (unpaired) electrons. The number of hydrogen-bond acceptors (Lipinski definition) is 0. The minimum atomic E-state index is 0. The summed E-state index contributed by atoms with van der Waals surface area (Å²) < 4.78 is 1.05. The fourth-order valence-electron chi connectivity index (χ4n) is 1.41. The van der Waals surface area contributed by atoms with Crippen LogP contribution in [0.4, 0.5) is 0 Å². The molecule has 1 aromatic rings. The Labute approximate surface area is 93.7 Å². The Kier molecular flexibility index (Phi) is 5.17. The average molecular weight is 214 g/mol. The van der Waals surface area contributed by atoms with E-state index in [9.17, 15) is 0 Å². The Balaban J connectivity index is 0.00000169. The summed E-state index contributed by atoms with van der Waals surface area (Å²) in [5, 5.41) is 0. The highest BCUT2D eigenvalue weighted by Crippen LogP contribution is 2.23. The topological polar surface area (TPSA) is 0 Å². The van der Waals surface area contributed by atoms with Crippen molar-refractivity contribution in [2.45, 2.75) is 19.9 Å². The van der Waals surface area contributed by atoms with E-state index in [1.54, 1.807) is 0 Å². The smallest absolute Gasteiger partial charge is 0.111 e. The lowest BCUT2D eigenvalue weighted by Gasteiger charge is -2.35. The molecule has 0 N–H and O–H groups in total. The Morgan fingerprint density at radius 2 is 1.64 bits per heavy atom. The fourth-order valence-corrected chi connectivity index (χ4v) is 1.41. The summed E-state index contributed by atoms with van der Waals surface area (Å²) in [5.41, 5.74) is 1.43. The van der Waals surface area contributed by atoms with Crippen LogP contribution < -0.4 is 12.4 Å². The van der Waals surface area contributed by atoms with Crippen LogP contribution in [-0.4, -0.2) is 25.1 Å². The van der Waals surface area contributed by atoms with E-state index in [2.05, 4.69) is 58.3 Å². The largest absolute Gasteiger partial charge is 1.00 e. The molecule has 1 nitrogen and oxygen atoms in total. The normalized spacial score (nSPS) is 13.1. The first-order chi connectivity index (χ1) is 6.08. The molecule has 1 rings (SSSR count). The molecule has 2 heteroatoms. The molecule has 1 atom stereocenters. The van der Waals surface area contributed by atoms with E-state index in [4.69, 9.17) is 0 Å². The number of quaternary nitrogens is 1. The predicted octanol–water partition coefficient (Wildman–Crippen LogP) is -0.152. The van der Waals surface area contributed by atoms with E-state index >= 15 is 0 Å². The molecule has 0 aliphatic carbocycles. The first-order valence-electron chi connectivity index (χ1n) is 4.95. The van der Waals surface area contributed by atoms with Crippen molar-refractivity contribution in [2.24, 2.45) is 0 Å². The predicted molar refractivity (Wildman–Crippen MR) is 57.5 cm³/mol. The SMILES string of the molecule is CC[N+](C)(C)C(C)c1ccccc1.[Cl-]. The van der Waals surface area contributed by atoms with E-state index in [-0.39, 0.29) is 12.4 Å². The molecule has 0 aliphatic rings. The van der Waals surface area contributed by atoms with E-state index < -0.39 is 0 Å². The molecular weight excluding hydrogens is 194 g/mol. The molecule has 0 saturated carbocycles. The summed E-state index contributed by atoms with van der Waals surface area (Å²) in [6.45, 7) is 5.69. The molecule has 1 aromatic carbocycles. The molecule has 0 aliphatic heterocycles. The number of hydrogen-bond donors (Lipinski definition) is 0. The quantitative estimate of drug-likeness (QED) is 0.613. The van der Waals surface area contributed by atoms with E-state index in [0.29, 0.717) is 6.04 Å². The minimum absolute atomic E-state index is 0. The van der Waals surface area contributed by atoms with Gasteiger partial charge < -0.3 is 16.9 Å². The zero-order chi connectivity index (χ0) is 9.90. The zero-order valence-electron chi connectivity index (χ0n) is 9.50. The molecule has 0 amide bonds. The molecule has 0 saturated heterocycles. The highest BCUT2D eigenvalue weighted by Gasteiger charge is 2.22. The molecule has 0 bridgehead atoms. The summed E-state index contributed by atoms with van der Waals surface area (Å²) in [7, 11) is 4.55. The summed E-state index contributed by atoms with van der Waals surface area (Å²) in [6, 6.07) is 11.3. The average Bonchev–Trinajstić information content (AvgIpc) is 2.18. The Morgan fingerprint density at radius 3 is 2.07 bits per heavy atom. The number of benzene rings is 1. The van der Waals surface area contributed by atoms with Crippen LogP contribution in [0.15, 0.2) is 30.3 Å². The maximum Gasteiger partial charge on any atom is 0.111 e. The number of rotatable bonds is 3. The third kappa shape index (κ3) is 3.00. The van der Waals surface area contributed by atoms with Crippen molar-refractivity contribution in [2.75, 3.05) is 20.6 Å². The van der Waals surface area contributed by atoms with E-state index in [1.807, 2.05) is 0 Å². The number of halogens is 1. The van der Waals surface area contributed by atoms with Crippen molar-refractivity contribution in [3.63, 3.8) is 0 Å². The zero-order valence-corrected chi connectivity index (χ0v) is 10.3. The van der Waals surface area contributed by atoms with Crippen molar-refractivity contribution in [1.29, 1.82) is 0 Å². The first kappa shape index (κ1) is 13.5. The lowest BCUT2D eigenvalue weighted by atomic mass is 10.1. The third-order valence-electron chi connectivity index (χ3n) is 3.15. The standard InChI is InChI=1S/C12H20N.ClH/c1-5-13(3,4)11(2)12-9-7-6-8-10-12;/h6-11H,5H2,1-4H3;1H/q+1;/p-1. The van der Waals surface area contributed by atoms with Crippen LogP contribution in [0, 0.1) is 0 Å². The van der Waals surface area contributed by atoms with Crippen LogP contribution >= 0.6 is 0 Å². The Hall–Kier alpha value is -0.530. The van der Waals surface area contributed by atoms with E-state index in [1.165, 1.54) is 5.56 Å². The fraction of sp³-hybridized carbons (Fsp3) is 0.500. The Bertz CT molecular complexity index is 256. The molecule has 1 unspecified atom stereocenters. The molecule has 0 spiro atoms. The van der Waals surface area contributed by atoms with Crippen LogP contribution in [0.2, 0.25) is 0 Å². The molecule has 14 heavy (non-hydrogen) atoms. The molecule has 0 aromatic heterocycles. The monoisotopic (exact) mass is 213 g/mol. The van der Waals surface area contributed by atoms with Gasteiger partial charge in [-0.1, -0.05) is 30.3 Å². The maximum absolute atomic E-state index is 2.29. The lowest BCUT2D eigenvalue weighted by molar-refractivity contribution is -0.917. The van der Waals surface area contributed by atoms with Crippen molar-refractivity contribution in [3.05, 3.63) is 35.9 Å². The van der Waals surface area contributed by atoms with Gasteiger partial charge in [-0.15, -0.1) is 0 Å². The van der Waals surface area contributed by atoms with Gasteiger partial charge in [-0.3, -0.25) is 0 Å². The van der Waals surface area contributed by atoms with Gasteiger partial charge in [0, 0.05) is 5.56 Å². The summed E-state index contributed by atoms with van der Waals surface area (Å²) in [5.74, 6) is 0. The van der Waals surface area contributed by atoms with Crippen molar-refractivity contribution in [1.82, 2.24) is 0 Å². The van der Waals surface area contributed by atoms with Crippen molar-refractivity contribution in [3.8, 4) is 0 Å². The van der Waals surface area contributed by atoms with Crippen LogP contribution in [0.25, 0.3) is 0 Å². The van der Waals surface area contributed by atoms with Crippen LogP contribution in [0.5, 0.6) is 0 Å². The Morgan fingerprint density at radius 1 is 1.14 bits per heavy atom. The minimum Gasteiger partial charge on any atom is -1.00 e. The second-order valence-electron chi connectivity index (χ2n) is 4.18. The van der Waals surface area contributed by atoms with E-state index in [0.717, 1.165) is 11.0 Å². The van der Waals surface area contributed by atoms with Crippen LogP contribution in [0.3, 0.4) is 0 Å². The maximum atomic E-state index is 2.29. The van der Waals surface area contributed by atoms with Crippen LogP contribution in [0.1, 0.15) is 25.5 Å². The van der Waals surface area contributed by atoms with Crippen molar-refractivity contribution < 1.29 is 16.9 Å². The molecule has 80 valence electrons. The second-order valence-corrected chi connectivity index (χ2v) is 4.18. The van der Waals surface area contributed by atoms with Gasteiger partial charge in [-0.2, -0.15) is 0 Å². The van der Waals surface area contributed by atoms with Gasteiger partial charge in [0.15, 0.2) is 0 Å². The third-order valence-corrected chi connectivity index (χ3v) is 3.15. The second kappa shape index (κ2) is 5.38. The van der Waals surface area contributed by atoms with Gasteiger partial charge in [0.2, 0.25) is 0 Å². The lowest BCUT2D eigenvalue weighted by Crippen LogP contribution is -3.00. The molecule has 0 fully saturated rings. The van der Waals surface area contributed by atoms with Gasteiger partial charge in [-0.25, -0.2) is 0 Å². The van der Waals surface area contributed by atoms with Gasteiger partial charge >= 0.3 is 0 Å². The highest BCUT2D eigenvalue weighted by atomic mass is 35.5. The van der Waals surface area contributed by atoms with Gasteiger partial charge in [0.25, 0.3) is 0 Å². The highest BCUT2D eigenvalue weighted by molar-refractivity contribution is 5.16. The molecular formula is C12H20ClN. The van der Waals surface area contributed by atoms with Gasteiger partial charge in [0.05, 0.1) is 20.6 Å². The first-order valence-corrected chi connectivity index (χ1v) is 4.95. The van der Waals surface area contributed by atoms with Crippen molar-refractivity contribution >= 4 is 0 Å². The summed E-state index contributed by atoms with van der Waals surface area (Å²) in [6.07, 6.45) is 0. The summed E-state index contributed by atoms with van der Waals surface area (Å²) >= 11 is 0. The van der Waals surface area contributed by atoms with Crippen LogP contribution in [-0.2, 0) is 0 Å². The summed E-state index contributed by atoms with van der Waals surface area (Å²) in [4.78, 5) is 0. The molecule has 0 heterocycles. The van der Waals surface area contributed by atoms with Gasteiger partial charge in [-0.05, 0) is 13.8 Å².